The number of hydrogen-bond acceptors (Lipinski definition) is 2. The summed E-state index contributed by atoms with van der Waals surface area (Å²) in [6.07, 6.45) is 11.7. The summed E-state index contributed by atoms with van der Waals surface area (Å²) < 4.78 is 0. The van der Waals surface area contributed by atoms with E-state index in [2.05, 4.69) is 34.2 Å². The first-order valence-corrected chi connectivity index (χ1v) is 11.2. The van der Waals surface area contributed by atoms with Gasteiger partial charge in [-0.2, -0.15) is 0 Å². The Morgan fingerprint density at radius 3 is 1.93 bits per heavy atom. The van der Waals surface area contributed by atoms with Crippen molar-refractivity contribution in [3.8, 4) is 0 Å². The van der Waals surface area contributed by atoms with Crippen LogP contribution in [0.5, 0.6) is 0 Å². The Morgan fingerprint density at radius 2 is 1.37 bits per heavy atom. The molecule has 0 atom stereocenters. The summed E-state index contributed by atoms with van der Waals surface area (Å²) in [5.41, 5.74) is 3.69. The maximum atomic E-state index is 6.07. The third-order valence-corrected chi connectivity index (χ3v) is 7.52. The van der Waals surface area contributed by atoms with Crippen LogP contribution in [0.2, 0.25) is 15.1 Å². The molecule has 2 fully saturated rings. The molecule has 1 saturated carbocycles. The van der Waals surface area contributed by atoms with Crippen molar-refractivity contribution in [2.45, 2.75) is 44.9 Å². The summed E-state index contributed by atoms with van der Waals surface area (Å²) in [5, 5.41) is 1.19. The van der Waals surface area contributed by atoms with E-state index >= 15 is 0 Å². The second kappa shape index (κ2) is 11.3. The predicted molar refractivity (Wildman–Crippen MR) is 137 cm³/mol. The van der Waals surface area contributed by atoms with E-state index in [1.54, 1.807) is 12.1 Å². The lowest BCUT2D eigenvalue weighted by atomic mass is 9.68. The lowest BCUT2D eigenvalue weighted by Gasteiger charge is -2.45. The number of benzene rings is 2. The van der Waals surface area contributed by atoms with Crippen LogP contribution in [0.4, 0.5) is 11.4 Å². The highest BCUT2D eigenvalue weighted by Crippen LogP contribution is 2.45. The van der Waals surface area contributed by atoms with Gasteiger partial charge in [-0.3, -0.25) is 4.99 Å². The fraction of sp³-hybridized carbons (Fsp3) is 0.435. The van der Waals surface area contributed by atoms with Gasteiger partial charge in [-0.1, -0.05) is 66.2 Å². The fourth-order valence-corrected chi connectivity index (χ4v) is 5.16. The van der Waals surface area contributed by atoms with Gasteiger partial charge in [0, 0.05) is 25.0 Å². The van der Waals surface area contributed by atoms with E-state index < -0.39 is 0 Å². The van der Waals surface area contributed by atoms with Crippen molar-refractivity contribution < 1.29 is 0 Å². The molecule has 0 radical (unpaired) electrons. The van der Waals surface area contributed by atoms with Gasteiger partial charge in [0.1, 0.15) is 0 Å². The molecule has 0 amide bonds. The van der Waals surface area contributed by atoms with Crippen molar-refractivity contribution in [2.75, 3.05) is 18.0 Å². The zero-order valence-corrected chi connectivity index (χ0v) is 20.7. The summed E-state index contributed by atoms with van der Waals surface area (Å²) in [6.45, 7) is 2.35. The Balaban J connectivity index is 0.00000160. The molecule has 1 aliphatic heterocycles. The minimum atomic E-state index is 0. The first-order chi connectivity index (χ1) is 13.5. The molecular weight excluding hydrogens is 482 g/mol. The van der Waals surface area contributed by atoms with Gasteiger partial charge >= 0.3 is 0 Å². The molecule has 30 heavy (non-hydrogen) atoms. The van der Waals surface area contributed by atoms with E-state index in [0.29, 0.717) is 26.2 Å². The molecule has 0 unspecified atom stereocenters. The van der Waals surface area contributed by atoms with E-state index in [4.69, 9.17) is 34.8 Å². The zero-order chi connectivity index (χ0) is 19.6. The van der Waals surface area contributed by atoms with E-state index in [-0.39, 0.29) is 24.8 Å². The number of halogens is 5. The molecule has 2 aromatic carbocycles. The van der Waals surface area contributed by atoms with Crippen LogP contribution in [0, 0.1) is 5.41 Å². The molecular formula is C23H27Cl5N2. The Kier molecular flexibility index (Phi) is 9.64. The number of piperidine rings is 1. The standard InChI is InChI=1S/C23H25Cl3N2.2ClH/c24-20-14-18(15-21(25)22(20)26)27-16-17-4-6-19(7-5-17)28-12-10-23(11-13-28)8-2-1-3-9-23;;/h4-7,14-16H,1-3,8-13H2;2*1H. The normalized spacial score (nSPS) is 18.2. The molecule has 1 heterocycles. The predicted octanol–water partition coefficient (Wildman–Crippen LogP) is 8.79. The van der Waals surface area contributed by atoms with Crippen LogP contribution in [-0.2, 0) is 0 Å². The van der Waals surface area contributed by atoms with Crippen LogP contribution in [0.25, 0.3) is 0 Å². The van der Waals surface area contributed by atoms with Gasteiger partial charge in [-0.05, 0) is 60.9 Å². The molecule has 0 bridgehead atoms. The smallest absolute Gasteiger partial charge is 0.0780 e. The van der Waals surface area contributed by atoms with E-state index in [9.17, 15) is 0 Å². The highest BCUT2D eigenvalue weighted by molar-refractivity contribution is 6.48. The highest BCUT2D eigenvalue weighted by Gasteiger charge is 2.35. The van der Waals surface area contributed by atoms with Gasteiger partial charge in [0.15, 0.2) is 0 Å². The number of rotatable bonds is 3. The van der Waals surface area contributed by atoms with Gasteiger partial charge in [-0.25, -0.2) is 0 Å². The Labute approximate surface area is 206 Å². The lowest BCUT2D eigenvalue weighted by molar-refractivity contribution is 0.144. The van der Waals surface area contributed by atoms with Crippen molar-refractivity contribution >= 4 is 77.2 Å². The molecule has 164 valence electrons. The van der Waals surface area contributed by atoms with Crippen LogP contribution >= 0.6 is 59.6 Å². The van der Waals surface area contributed by atoms with Crippen LogP contribution in [0.1, 0.15) is 50.5 Å². The topological polar surface area (TPSA) is 15.6 Å². The van der Waals surface area contributed by atoms with Crippen LogP contribution < -0.4 is 4.90 Å². The number of anilines is 1. The fourth-order valence-electron chi connectivity index (χ4n) is 4.58. The number of nitrogens with zero attached hydrogens (tertiary/aromatic N) is 2. The van der Waals surface area contributed by atoms with E-state index in [1.165, 1.54) is 63.7 Å². The van der Waals surface area contributed by atoms with Gasteiger partial charge < -0.3 is 4.90 Å². The zero-order valence-electron chi connectivity index (χ0n) is 16.8. The summed E-state index contributed by atoms with van der Waals surface area (Å²) in [7, 11) is 0. The summed E-state index contributed by atoms with van der Waals surface area (Å²) in [4.78, 5) is 7.00. The average molecular weight is 509 g/mol. The molecule has 2 nitrogen and oxygen atoms in total. The van der Waals surface area contributed by atoms with Gasteiger partial charge in [0.25, 0.3) is 0 Å². The molecule has 7 heteroatoms. The first kappa shape index (κ1) is 25.6. The SMILES string of the molecule is Cl.Cl.Clc1cc(N=Cc2ccc(N3CCC4(CCCCC4)CC3)cc2)cc(Cl)c1Cl. The monoisotopic (exact) mass is 506 g/mol. The average Bonchev–Trinajstić information content (AvgIpc) is 2.72. The van der Waals surface area contributed by atoms with E-state index in [1.807, 2.05) is 6.21 Å². The van der Waals surface area contributed by atoms with Crippen LogP contribution in [0.15, 0.2) is 41.4 Å². The summed E-state index contributed by atoms with van der Waals surface area (Å²) in [6, 6.07) is 12.1. The lowest BCUT2D eigenvalue weighted by Crippen LogP contribution is -2.41. The first-order valence-electron chi connectivity index (χ1n) is 10.1. The molecule has 1 spiro atoms. The van der Waals surface area contributed by atoms with Crippen LogP contribution in [-0.4, -0.2) is 19.3 Å². The third kappa shape index (κ3) is 5.99. The number of aliphatic imine (C=N–C) groups is 1. The quantitative estimate of drug-likeness (QED) is 0.299. The Morgan fingerprint density at radius 1 is 0.800 bits per heavy atom. The molecule has 0 aromatic heterocycles. The van der Waals surface area contributed by atoms with Gasteiger partial charge in [0.2, 0.25) is 0 Å². The van der Waals surface area contributed by atoms with Crippen molar-refractivity contribution in [1.82, 2.24) is 0 Å². The summed E-state index contributed by atoms with van der Waals surface area (Å²) in [5.74, 6) is 0. The van der Waals surface area contributed by atoms with Crippen molar-refractivity contribution in [1.29, 1.82) is 0 Å². The molecule has 4 rings (SSSR count). The Hall–Kier alpha value is -0.640. The second-order valence-corrected chi connectivity index (χ2v) is 9.31. The van der Waals surface area contributed by atoms with Crippen molar-refractivity contribution in [2.24, 2.45) is 10.4 Å². The van der Waals surface area contributed by atoms with Crippen molar-refractivity contribution in [3.05, 3.63) is 57.0 Å². The highest BCUT2D eigenvalue weighted by atomic mass is 35.5. The maximum absolute atomic E-state index is 6.07. The molecule has 0 N–H and O–H groups in total. The Bertz CT molecular complexity index is 827. The minimum absolute atomic E-state index is 0. The minimum Gasteiger partial charge on any atom is -0.371 e. The third-order valence-electron chi connectivity index (χ3n) is 6.33. The molecule has 1 saturated heterocycles. The summed E-state index contributed by atoms with van der Waals surface area (Å²) >= 11 is 18.1. The maximum Gasteiger partial charge on any atom is 0.0780 e. The van der Waals surface area contributed by atoms with Crippen molar-refractivity contribution in [3.63, 3.8) is 0 Å². The van der Waals surface area contributed by atoms with Crippen LogP contribution in [0.3, 0.4) is 0 Å². The largest absolute Gasteiger partial charge is 0.371 e. The second-order valence-electron chi connectivity index (χ2n) is 8.12. The van der Waals surface area contributed by atoms with Gasteiger partial charge in [0.05, 0.1) is 20.8 Å². The van der Waals surface area contributed by atoms with E-state index in [0.717, 1.165) is 5.56 Å². The molecule has 2 aromatic rings. The number of hydrogen-bond donors (Lipinski definition) is 0. The molecule has 2 aliphatic rings. The molecule has 1 aliphatic carbocycles. The van der Waals surface area contributed by atoms with Gasteiger partial charge in [-0.15, -0.1) is 24.8 Å².